The van der Waals surface area contributed by atoms with Crippen LogP contribution in [0.2, 0.25) is 0 Å². The van der Waals surface area contributed by atoms with Gasteiger partial charge in [0.05, 0.1) is 22.9 Å². The van der Waals surface area contributed by atoms with Gasteiger partial charge in [-0.25, -0.2) is 4.98 Å². The molecule has 4 rings (SSSR count). The fourth-order valence-corrected chi connectivity index (χ4v) is 4.18. The van der Waals surface area contributed by atoms with Crippen molar-refractivity contribution in [2.75, 3.05) is 18.1 Å². The molecule has 0 aliphatic carbocycles. The number of thiazole rings is 1. The maximum Gasteiger partial charge on any atom is 0.282 e. The quantitative estimate of drug-likeness (QED) is 0.692. The summed E-state index contributed by atoms with van der Waals surface area (Å²) in [6.07, 6.45) is 2.00. The van der Waals surface area contributed by atoms with E-state index in [9.17, 15) is 4.79 Å². The highest BCUT2D eigenvalue weighted by atomic mass is 32.1. The van der Waals surface area contributed by atoms with Crippen LogP contribution in [0.1, 0.15) is 40.2 Å². The van der Waals surface area contributed by atoms with Gasteiger partial charge >= 0.3 is 0 Å². The number of hydrogen-bond donors (Lipinski definition) is 0. The van der Waals surface area contributed by atoms with Gasteiger partial charge in [0.1, 0.15) is 5.76 Å². The highest BCUT2D eigenvalue weighted by Crippen LogP contribution is 2.32. The Labute approximate surface area is 155 Å². The fourth-order valence-electron chi connectivity index (χ4n) is 3.13. The summed E-state index contributed by atoms with van der Waals surface area (Å²) < 4.78 is 11.9. The molecule has 26 heavy (non-hydrogen) atoms. The molecule has 1 aliphatic rings. The van der Waals surface area contributed by atoms with Crippen LogP contribution in [0.15, 0.2) is 22.7 Å². The van der Waals surface area contributed by atoms with Crippen LogP contribution in [0.25, 0.3) is 10.2 Å². The van der Waals surface area contributed by atoms with Crippen LogP contribution in [0, 0.1) is 20.8 Å². The van der Waals surface area contributed by atoms with Crippen LogP contribution in [0.4, 0.5) is 5.13 Å². The van der Waals surface area contributed by atoms with E-state index in [0.29, 0.717) is 23.1 Å². The van der Waals surface area contributed by atoms with Gasteiger partial charge < -0.3 is 9.26 Å². The third-order valence-corrected chi connectivity index (χ3v) is 5.77. The van der Waals surface area contributed by atoms with Crippen LogP contribution < -0.4 is 4.90 Å². The lowest BCUT2D eigenvalue weighted by atomic mass is 10.1. The Morgan fingerprint density at radius 3 is 2.77 bits per heavy atom. The lowest BCUT2D eigenvalue weighted by Gasteiger charge is -2.21. The van der Waals surface area contributed by atoms with Gasteiger partial charge in [-0.2, -0.15) is 0 Å². The number of carbonyl (C=O) groups excluding carboxylic acids is 1. The van der Waals surface area contributed by atoms with Gasteiger partial charge in [0, 0.05) is 12.7 Å². The fraction of sp³-hybridized carbons (Fsp3) is 0.421. The van der Waals surface area contributed by atoms with Crippen molar-refractivity contribution in [2.24, 2.45) is 0 Å². The first kappa shape index (κ1) is 17.2. The van der Waals surface area contributed by atoms with Gasteiger partial charge in [0.2, 0.25) is 0 Å². The lowest BCUT2D eigenvalue weighted by molar-refractivity contribution is 0.0910. The van der Waals surface area contributed by atoms with Crippen molar-refractivity contribution >= 4 is 32.6 Å². The molecule has 0 radical (unpaired) electrons. The number of anilines is 1. The van der Waals surface area contributed by atoms with Gasteiger partial charge in [-0.15, -0.1) is 0 Å². The van der Waals surface area contributed by atoms with Crippen LogP contribution in [-0.4, -0.2) is 35.3 Å². The maximum atomic E-state index is 13.1. The van der Waals surface area contributed by atoms with Crippen molar-refractivity contribution in [1.82, 2.24) is 10.1 Å². The maximum absolute atomic E-state index is 13.1. The predicted octanol–water partition coefficient (Wildman–Crippen LogP) is 4.04. The minimum absolute atomic E-state index is 0.0300. The first-order valence-corrected chi connectivity index (χ1v) is 9.57. The topological polar surface area (TPSA) is 68.5 Å². The standard InChI is InChI=1S/C19H21N3O3S/c1-11-7-15-17(8-12(11)2)26-19(20-15)22(10-14-5-4-6-24-14)18(23)16-9-13(3)25-21-16/h7-9,14H,4-6,10H2,1-3H3. The van der Waals surface area contributed by atoms with Crippen molar-refractivity contribution in [3.05, 3.63) is 40.8 Å². The molecule has 3 heterocycles. The number of benzene rings is 1. The largest absolute Gasteiger partial charge is 0.376 e. The molecule has 1 saturated heterocycles. The van der Waals surface area contributed by atoms with E-state index in [1.165, 1.54) is 22.5 Å². The molecule has 1 fully saturated rings. The Morgan fingerprint density at radius 1 is 1.27 bits per heavy atom. The van der Waals surface area contributed by atoms with Crippen molar-refractivity contribution in [1.29, 1.82) is 0 Å². The second-order valence-corrected chi connectivity index (χ2v) is 7.78. The van der Waals surface area contributed by atoms with Crippen LogP contribution in [0.5, 0.6) is 0 Å². The number of aromatic nitrogens is 2. The molecule has 3 aromatic rings. The molecule has 1 atom stereocenters. The summed E-state index contributed by atoms with van der Waals surface area (Å²) in [6.45, 7) is 7.15. The number of amides is 1. The van der Waals surface area contributed by atoms with Gasteiger partial charge in [0.25, 0.3) is 5.91 Å². The van der Waals surface area contributed by atoms with E-state index in [4.69, 9.17) is 14.2 Å². The highest BCUT2D eigenvalue weighted by molar-refractivity contribution is 7.22. The molecule has 0 spiro atoms. The molecule has 1 aliphatic heterocycles. The Hall–Kier alpha value is -2.25. The molecular formula is C19H21N3O3S. The van der Waals surface area contributed by atoms with E-state index in [1.807, 2.05) is 0 Å². The molecule has 136 valence electrons. The zero-order valence-corrected chi connectivity index (χ0v) is 15.9. The SMILES string of the molecule is Cc1cc(C(=O)N(CC2CCCO2)c2nc3cc(C)c(C)cc3s2)no1. The third-order valence-electron chi connectivity index (χ3n) is 4.73. The molecule has 7 heteroatoms. The summed E-state index contributed by atoms with van der Waals surface area (Å²) >= 11 is 1.52. The second-order valence-electron chi connectivity index (χ2n) is 6.77. The van der Waals surface area contributed by atoms with Crippen molar-refractivity contribution in [3.63, 3.8) is 0 Å². The molecule has 1 amide bonds. The number of carbonyl (C=O) groups is 1. The van der Waals surface area contributed by atoms with E-state index in [-0.39, 0.29) is 12.0 Å². The number of aryl methyl sites for hydroxylation is 3. The van der Waals surface area contributed by atoms with Crippen LogP contribution >= 0.6 is 11.3 Å². The Balaban J connectivity index is 1.72. The second kappa shape index (κ2) is 6.81. The number of rotatable bonds is 4. The molecule has 1 aromatic carbocycles. The number of hydrogen-bond acceptors (Lipinski definition) is 6. The summed E-state index contributed by atoms with van der Waals surface area (Å²) in [4.78, 5) is 19.5. The first-order chi connectivity index (χ1) is 12.5. The molecule has 1 unspecified atom stereocenters. The first-order valence-electron chi connectivity index (χ1n) is 8.76. The molecule has 6 nitrogen and oxygen atoms in total. The molecule has 0 N–H and O–H groups in total. The minimum Gasteiger partial charge on any atom is -0.376 e. The average molecular weight is 371 g/mol. The monoisotopic (exact) mass is 371 g/mol. The van der Waals surface area contributed by atoms with Crippen molar-refractivity contribution in [2.45, 2.75) is 39.7 Å². The third kappa shape index (κ3) is 3.24. The molecule has 0 bridgehead atoms. The highest BCUT2D eigenvalue weighted by Gasteiger charge is 2.28. The van der Waals surface area contributed by atoms with E-state index < -0.39 is 0 Å². The zero-order chi connectivity index (χ0) is 18.3. The van der Waals surface area contributed by atoms with Gasteiger partial charge in [-0.05, 0) is 56.9 Å². The van der Waals surface area contributed by atoms with E-state index in [2.05, 4.69) is 31.1 Å². The van der Waals surface area contributed by atoms with Crippen molar-refractivity contribution in [3.8, 4) is 0 Å². The Kier molecular flexibility index (Phi) is 4.50. The molecule has 2 aromatic heterocycles. The smallest absolute Gasteiger partial charge is 0.282 e. The summed E-state index contributed by atoms with van der Waals surface area (Å²) in [7, 11) is 0. The minimum atomic E-state index is -0.204. The lowest BCUT2D eigenvalue weighted by Crippen LogP contribution is -2.37. The molecular weight excluding hydrogens is 350 g/mol. The summed E-state index contributed by atoms with van der Waals surface area (Å²) in [5.41, 5.74) is 3.62. The van der Waals surface area contributed by atoms with Crippen LogP contribution in [-0.2, 0) is 4.74 Å². The summed E-state index contributed by atoms with van der Waals surface area (Å²) in [5, 5.41) is 4.56. The number of nitrogens with zero attached hydrogens (tertiary/aromatic N) is 3. The van der Waals surface area contributed by atoms with Crippen molar-refractivity contribution < 1.29 is 14.1 Å². The average Bonchev–Trinajstić information content (AvgIpc) is 3.33. The van der Waals surface area contributed by atoms with Gasteiger partial charge in [0.15, 0.2) is 10.8 Å². The van der Waals surface area contributed by atoms with E-state index in [0.717, 1.165) is 29.7 Å². The predicted molar refractivity (Wildman–Crippen MR) is 101 cm³/mol. The van der Waals surface area contributed by atoms with Gasteiger partial charge in [-0.3, -0.25) is 9.69 Å². The summed E-state index contributed by atoms with van der Waals surface area (Å²) in [6, 6.07) is 5.85. The molecule has 0 saturated carbocycles. The number of fused-ring (bicyclic) bond motifs is 1. The summed E-state index contributed by atoms with van der Waals surface area (Å²) in [5.74, 6) is 0.408. The van der Waals surface area contributed by atoms with E-state index in [1.54, 1.807) is 17.9 Å². The zero-order valence-electron chi connectivity index (χ0n) is 15.1. The van der Waals surface area contributed by atoms with E-state index >= 15 is 0 Å². The Morgan fingerprint density at radius 2 is 2.08 bits per heavy atom. The van der Waals surface area contributed by atoms with Crippen LogP contribution in [0.3, 0.4) is 0 Å². The normalized spacial score (nSPS) is 17.1. The van der Waals surface area contributed by atoms with Gasteiger partial charge in [-0.1, -0.05) is 16.5 Å². The number of ether oxygens (including phenoxy) is 1. The Bertz CT molecular complexity index is 917.